The largest absolute Gasteiger partial charge is 0.515 e. The molecule has 1 aliphatic heterocycles. The van der Waals surface area contributed by atoms with Crippen LogP contribution in [0.25, 0.3) is 11.4 Å². The molecule has 0 aliphatic carbocycles. The summed E-state index contributed by atoms with van der Waals surface area (Å²) >= 11 is 0. The number of carbonyl (C=O) groups is 1. The Kier molecular flexibility index (Phi) is 7.56. The normalized spacial score (nSPS) is 17.6. The molecule has 1 fully saturated rings. The van der Waals surface area contributed by atoms with Crippen LogP contribution in [0.15, 0.2) is 42.6 Å². The lowest BCUT2D eigenvalue weighted by molar-refractivity contribution is 0.102. The molecule has 8 nitrogen and oxygen atoms in total. The minimum absolute atomic E-state index is 0.124. The third kappa shape index (κ3) is 5.94. The molecule has 6 radical (unpaired) electrons. The maximum absolute atomic E-state index is 15.1. The van der Waals surface area contributed by atoms with Gasteiger partial charge in [0, 0.05) is 18.8 Å². The van der Waals surface area contributed by atoms with Gasteiger partial charge in [-0.25, -0.2) is 18.7 Å². The number of nitrogens with zero attached hydrogens (tertiary/aromatic N) is 3. The first-order valence-electron chi connectivity index (χ1n) is 11.4. The van der Waals surface area contributed by atoms with Crippen LogP contribution in [-0.2, 0) is 0 Å². The number of nitrogens with one attached hydrogen (secondary N) is 1. The molecule has 1 aromatic heterocycles. The number of aryl methyl sites for hydroxylation is 1. The fraction of sp³-hybridized carbons (Fsp3) is 0.292. The molecule has 1 saturated heterocycles. The first-order valence-corrected chi connectivity index (χ1v) is 11.4. The average molecular weight is 499 g/mol. The highest BCUT2D eigenvalue weighted by Gasteiger charge is 2.31. The number of halogens is 2. The molecule has 4 N–H and O–H groups in total. The quantitative estimate of drug-likeness (QED) is 0.422. The van der Waals surface area contributed by atoms with Gasteiger partial charge in [-0.3, -0.25) is 4.79 Å². The number of rotatable bonds is 7. The maximum atomic E-state index is 15.1. The molecule has 2 unspecified atom stereocenters. The minimum Gasteiger partial charge on any atom is -0.515 e. The molecule has 13 heteroatoms. The Bertz CT molecular complexity index is 1330. The van der Waals surface area contributed by atoms with Gasteiger partial charge >= 0.3 is 0 Å². The van der Waals surface area contributed by atoms with Gasteiger partial charge in [0.1, 0.15) is 46.6 Å². The zero-order chi connectivity index (χ0) is 26.9. The molecule has 1 amide bonds. The second-order valence-corrected chi connectivity index (χ2v) is 8.89. The van der Waals surface area contributed by atoms with Crippen molar-refractivity contribution in [1.29, 1.82) is 0 Å². The van der Waals surface area contributed by atoms with E-state index in [0.29, 0.717) is 18.7 Å². The van der Waals surface area contributed by atoms with Gasteiger partial charge in [0.25, 0.3) is 5.91 Å². The fourth-order valence-electron chi connectivity index (χ4n) is 4.22. The number of benzene rings is 2. The minimum atomic E-state index is -2.11. The van der Waals surface area contributed by atoms with E-state index in [-0.39, 0.29) is 52.8 Å². The average Bonchev–Trinajstić information content (AvgIpc) is 3.21. The van der Waals surface area contributed by atoms with E-state index in [4.69, 9.17) is 34.0 Å². The number of aliphatic hydroxyl groups excluding tert-OH is 1. The standard InChI is InChI=1S/C24H22B3F2N5O3/c1-12-2-5-19(37-24(25,26)27)20(21(12)29)22-31-7-6-16(32-22)23(36)33-17-8-13(28)3-4-18(17)34-10-14(30)9-15(34)11-35/h2-8,14-15,35H,9-11,30H2,1H3,(H,33,36). The number of aromatic nitrogens is 2. The zero-order valence-corrected chi connectivity index (χ0v) is 20.0. The van der Waals surface area contributed by atoms with E-state index in [0.717, 1.165) is 6.07 Å². The van der Waals surface area contributed by atoms with Crippen molar-refractivity contribution < 1.29 is 23.4 Å². The van der Waals surface area contributed by atoms with Crippen LogP contribution in [0.4, 0.5) is 20.2 Å². The monoisotopic (exact) mass is 499 g/mol. The summed E-state index contributed by atoms with van der Waals surface area (Å²) in [7, 11) is 16.6. The molecule has 0 spiro atoms. The van der Waals surface area contributed by atoms with Crippen molar-refractivity contribution in [2.75, 3.05) is 23.4 Å². The highest BCUT2D eigenvalue weighted by Crippen LogP contribution is 2.35. The summed E-state index contributed by atoms with van der Waals surface area (Å²) in [6, 6.07) is 7.58. The second kappa shape index (κ2) is 10.5. The molecule has 0 bridgehead atoms. The number of carbonyl (C=O) groups excluding carboxylic acids is 1. The predicted octanol–water partition coefficient (Wildman–Crippen LogP) is 1.38. The van der Waals surface area contributed by atoms with Crippen LogP contribution in [0.5, 0.6) is 5.75 Å². The smallest absolute Gasteiger partial charge is 0.274 e. The molecular weight excluding hydrogens is 477 g/mol. The lowest BCUT2D eigenvalue weighted by Crippen LogP contribution is -2.37. The lowest BCUT2D eigenvalue weighted by Gasteiger charge is -2.27. The van der Waals surface area contributed by atoms with E-state index in [9.17, 15) is 14.3 Å². The van der Waals surface area contributed by atoms with E-state index < -0.39 is 22.8 Å². The summed E-state index contributed by atoms with van der Waals surface area (Å²) in [6.45, 7) is 1.78. The van der Waals surface area contributed by atoms with E-state index in [1.807, 2.05) is 4.90 Å². The number of hydrogen-bond donors (Lipinski definition) is 3. The maximum Gasteiger partial charge on any atom is 0.274 e. The summed E-state index contributed by atoms with van der Waals surface area (Å²) in [5.41, 5.74) is 6.62. The molecule has 0 saturated carbocycles. The number of hydrogen-bond acceptors (Lipinski definition) is 7. The first kappa shape index (κ1) is 26.6. The van der Waals surface area contributed by atoms with Crippen LogP contribution in [0, 0.1) is 18.6 Å². The van der Waals surface area contributed by atoms with Crippen LogP contribution in [-0.4, -0.2) is 75.1 Å². The lowest BCUT2D eigenvalue weighted by atomic mass is 9.52. The summed E-state index contributed by atoms with van der Waals surface area (Å²) in [4.78, 5) is 23.2. The van der Waals surface area contributed by atoms with E-state index >= 15 is 4.39 Å². The van der Waals surface area contributed by atoms with Crippen LogP contribution >= 0.6 is 0 Å². The van der Waals surface area contributed by atoms with Crippen molar-refractivity contribution in [3.8, 4) is 17.1 Å². The number of aliphatic hydroxyl groups is 1. The molecule has 3 aromatic rings. The van der Waals surface area contributed by atoms with Gasteiger partial charge in [-0.2, -0.15) is 0 Å². The Labute approximate surface area is 216 Å². The van der Waals surface area contributed by atoms with Crippen molar-refractivity contribution in [2.45, 2.75) is 30.7 Å². The topological polar surface area (TPSA) is 114 Å². The van der Waals surface area contributed by atoms with Crippen molar-refractivity contribution in [1.82, 2.24) is 9.97 Å². The Morgan fingerprint density at radius 3 is 2.73 bits per heavy atom. The van der Waals surface area contributed by atoms with Gasteiger partial charge in [0.15, 0.2) is 5.82 Å². The molecular formula is C24H22B3F2N5O3. The Morgan fingerprint density at radius 1 is 1.27 bits per heavy atom. The molecule has 2 atom stereocenters. The van der Waals surface area contributed by atoms with Crippen molar-refractivity contribution in [2.24, 2.45) is 5.73 Å². The van der Waals surface area contributed by atoms with E-state index in [1.165, 1.54) is 43.5 Å². The third-order valence-corrected chi connectivity index (χ3v) is 5.87. The Hall–Kier alpha value is -3.44. The number of ether oxygens (including phenoxy) is 1. The molecule has 2 heterocycles. The second-order valence-electron chi connectivity index (χ2n) is 8.89. The Balaban J connectivity index is 1.68. The Morgan fingerprint density at radius 2 is 2.03 bits per heavy atom. The molecule has 37 heavy (non-hydrogen) atoms. The van der Waals surface area contributed by atoms with Gasteiger partial charge in [-0.15, -0.1) is 0 Å². The summed E-state index contributed by atoms with van der Waals surface area (Å²) in [5, 5.41) is 10.3. The van der Waals surface area contributed by atoms with E-state index in [1.54, 1.807) is 0 Å². The number of nitrogens with two attached hydrogens (primary N) is 1. The summed E-state index contributed by atoms with van der Waals surface area (Å²) < 4.78 is 34.5. The van der Waals surface area contributed by atoms with Gasteiger partial charge < -0.3 is 25.8 Å². The zero-order valence-electron chi connectivity index (χ0n) is 20.0. The summed E-state index contributed by atoms with van der Waals surface area (Å²) in [6.07, 6.45) is 1.80. The third-order valence-electron chi connectivity index (χ3n) is 5.87. The number of amides is 1. The molecule has 4 rings (SSSR count). The SMILES string of the molecule is [B]C([B])([B])Oc1ccc(C)c(F)c1-c1nccc(C(=O)Nc2cc(F)ccc2N2CC(N)CC2CO)n1. The summed E-state index contributed by atoms with van der Waals surface area (Å²) in [5.74, 6) is -2.31. The van der Waals surface area contributed by atoms with Crippen LogP contribution in [0.2, 0.25) is 0 Å². The predicted molar refractivity (Wildman–Crippen MR) is 138 cm³/mol. The van der Waals surface area contributed by atoms with Gasteiger partial charge in [-0.1, -0.05) is 6.07 Å². The van der Waals surface area contributed by atoms with Crippen LogP contribution < -0.4 is 20.7 Å². The number of anilines is 2. The first-order chi connectivity index (χ1) is 17.5. The van der Waals surface area contributed by atoms with Gasteiger partial charge in [0.05, 0.1) is 29.6 Å². The van der Waals surface area contributed by atoms with E-state index in [2.05, 4.69) is 15.3 Å². The van der Waals surface area contributed by atoms with Gasteiger partial charge in [-0.05, 0) is 54.5 Å². The van der Waals surface area contributed by atoms with Crippen LogP contribution in [0.3, 0.4) is 0 Å². The highest BCUT2D eigenvalue weighted by molar-refractivity contribution is 6.58. The molecule has 184 valence electrons. The van der Waals surface area contributed by atoms with Crippen molar-refractivity contribution >= 4 is 40.8 Å². The van der Waals surface area contributed by atoms with Crippen molar-refractivity contribution in [3.05, 3.63) is 65.5 Å². The molecule has 1 aliphatic rings. The van der Waals surface area contributed by atoms with Crippen molar-refractivity contribution in [3.63, 3.8) is 0 Å². The highest BCUT2D eigenvalue weighted by atomic mass is 19.1. The fourth-order valence-corrected chi connectivity index (χ4v) is 4.22. The van der Waals surface area contributed by atoms with Crippen LogP contribution in [0.1, 0.15) is 22.5 Å². The van der Waals surface area contributed by atoms with Gasteiger partial charge in [0.2, 0.25) is 0 Å². The molecule has 2 aromatic carbocycles.